The number of aryl methyl sites for hydroxylation is 1. The molecule has 2 aliphatic heterocycles. The topological polar surface area (TPSA) is 66.7 Å². The highest BCUT2D eigenvalue weighted by Crippen LogP contribution is 2.30. The summed E-state index contributed by atoms with van der Waals surface area (Å²) in [5.41, 5.74) is 4.18. The standard InChI is InChI=1S/C23H26N4O3/c1-3-30-23(29)26-14-12-25(13-15-26)16-27-20-7-5-4-6-19(20)21(22(27)28)24-18-10-8-17(2)9-11-18/h4-11H,3,12-16H2,1-2H3/p+1. The van der Waals surface area contributed by atoms with Gasteiger partial charge in [0.15, 0.2) is 6.67 Å². The third-order valence-corrected chi connectivity index (χ3v) is 5.55. The Morgan fingerprint density at radius 3 is 2.50 bits per heavy atom. The van der Waals surface area contributed by atoms with Crippen LogP contribution in [0.1, 0.15) is 18.1 Å². The molecule has 2 aromatic carbocycles. The lowest BCUT2D eigenvalue weighted by atomic mass is 10.1. The summed E-state index contributed by atoms with van der Waals surface area (Å²) in [6, 6.07) is 15.7. The van der Waals surface area contributed by atoms with Gasteiger partial charge in [-0.1, -0.05) is 35.9 Å². The number of carbonyl (C=O) groups is 2. The van der Waals surface area contributed by atoms with Gasteiger partial charge in [0.25, 0.3) is 5.91 Å². The second-order valence-corrected chi connectivity index (χ2v) is 7.64. The maximum atomic E-state index is 13.3. The normalized spacial score (nSPS) is 18.1. The summed E-state index contributed by atoms with van der Waals surface area (Å²) in [5.74, 6) is -0.0721. The van der Waals surface area contributed by atoms with Gasteiger partial charge in [-0.25, -0.2) is 9.79 Å². The van der Waals surface area contributed by atoms with Gasteiger partial charge in [-0.3, -0.25) is 14.6 Å². The van der Waals surface area contributed by atoms with Crippen LogP contribution in [-0.4, -0.2) is 62.1 Å². The molecule has 0 aromatic heterocycles. The zero-order chi connectivity index (χ0) is 21.1. The lowest BCUT2D eigenvalue weighted by molar-refractivity contribution is -0.902. The summed E-state index contributed by atoms with van der Waals surface area (Å²) in [4.78, 5) is 34.7. The minimum Gasteiger partial charge on any atom is -0.450 e. The Kier molecular flexibility index (Phi) is 5.81. The van der Waals surface area contributed by atoms with Crippen molar-refractivity contribution in [1.29, 1.82) is 0 Å². The Labute approximate surface area is 176 Å². The van der Waals surface area contributed by atoms with Gasteiger partial charge < -0.3 is 9.64 Å². The predicted molar refractivity (Wildman–Crippen MR) is 115 cm³/mol. The third kappa shape index (κ3) is 4.07. The van der Waals surface area contributed by atoms with Crippen LogP contribution in [0.5, 0.6) is 0 Å². The molecule has 7 heteroatoms. The smallest absolute Gasteiger partial charge is 0.410 e. The molecule has 0 atom stereocenters. The molecule has 4 rings (SSSR count). The molecule has 1 fully saturated rings. The van der Waals surface area contributed by atoms with Gasteiger partial charge in [0.2, 0.25) is 0 Å². The van der Waals surface area contributed by atoms with Crippen LogP contribution in [0.2, 0.25) is 0 Å². The van der Waals surface area contributed by atoms with Gasteiger partial charge in [-0.15, -0.1) is 0 Å². The average molecular weight is 407 g/mol. The zero-order valence-electron chi connectivity index (χ0n) is 17.4. The van der Waals surface area contributed by atoms with E-state index in [9.17, 15) is 9.59 Å². The number of hydrogen-bond acceptors (Lipinski definition) is 4. The number of piperazine rings is 1. The van der Waals surface area contributed by atoms with Crippen molar-refractivity contribution >= 4 is 29.1 Å². The molecule has 2 heterocycles. The minimum atomic E-state index is -0.258. The molecule has 2 aromatic rings. The van der Waals surface area contributed by atoms with E-state index in [4.69, 9.17) is 4.74 Å². The molecule has 0 saturated carbocycles. The van der Waals surface area contributed by atoms with Crippen molar-refractivity contribution in [1.82, 2.24) is 4.90 Å². The van der Waals surface area contributed by atoms with Crippen molar-refractivity contribution in [2.45, 2.75) is 13.8 Å². The first kappa shape index (κ1) is 20.1. The van der Waals surface area contributed by atoms with E-state index < -0.39 is 0 Å². The van der Waals surface area contributed by atoms with E-state index in [1.165, 1.54) is 4.90 Å². The molecule has 0 spiro atoms. The number of nitrogens with zero attached hydrogens (tertiary/aromatic N) is 3. The lowest BCUT2D eigenvalue weighted by Gasteiger charge is -2.33. The van der Waals surface area contributed by atoms with Gasteiger partial charge in [-0.2, -0.15) is 0 Å². The minimum absolute atomic E-state index is 0.0721. The molecule has 2 amide bonds. The van der Waals surface area contributed by atoms with Crippen molar-refractivity contribution in [2.24, 2.45) is 4.99 Å². The SMILES string of the molecule is CCOC(=O)N1CC[NH+](CN2C(=O)C(=Nc3ccc(C)cc3)c3ccccc32)CC1. The summed E-state index contributed by atoms with van der Waals surface area (Å²) >= 11 is 0. The number of aliphatic imine (C=N–C) groups is 1. The Hall–Kier alpha value is -3.19. The second kappa shape index (κ2) is 8.67. The van der Waals surface area contributed by atoms with Crippen LogP contribution in [0.15, 0.2) is 53.5 Å². The number of benzene rings is 2. The van der Waals surface area contributed by atoms with E-state index in [-0.39, 0.29) is 12.0 Å². The quantitative estimate of drug-likeness (QED) is 0.840. The fourth-order valence-corrected chi connectivity index (χ4v) is 3.88. The highest BCUT2D eigenvalue weighted by molar-refractivity contribution is 6.54. The van der Waals surface area contributed by atoms with E-state index in [0.717, 1.165) is 35.6 Å². The molecule has 0 unspecified atom stereocenters. The number of carbonyl (C=O) groups excluding carboxylic acids is 2. The number of quaternary nitrogens is 1. The fourth-order valence-electron chi connectivity index (χ4n) is 3.88. The maximum absolute atomic E-state index is 13.3. The number of nitrogens with one attached hydrogen (secondary N) is 1. The number of anilines is 1. The molecular formula is C23H27N4O3+. The molecule has 1 saturated heterocycles. The molecule has 156 valence electrons. The largest absolute Gasteiger partial charge is 0.450 e. The van der Waals surface area contributed by atoms with Crippen LogP contribution in [0.4, 0.5) is 16.2 Å². The number of rotatable bonds is 4. The number of fused-ring (bicyclic) bond motifs is 1. The van der Waals surface area contributed by atoms with E-state index >= 15 is 0 Å². The molecule has 0 bridgehead atoms. The number of amides is 2. The summed E-state index contributed by atoms with van der Waals surface area (Å²) in [5, 5.41) is 0. The second-order valence-electron chi connectivity index (χ2n) is 7.64. The average Bonchev–Trinajstić information content (AvgIpc) is 3.02. The Morgan fingerprint density at radius 1 is 1.10 bits per heavy atom. The van der Waals surface area contributed by atoms with Crippen LogP contribution >= 0.6 is 0 Å². The van der Waals surface area contributed by atoms with Crippen molar-refractivity contribution in [3.05, 3.63) is 59.7 Å². The molecule has 2 aliphatic rings. The highest BCUT2D eigenvalue weighted by atomic mass is 16.6. The molecule has 7 nitrogen and oxygen atoms in total. The van der Waals surface area contributed by atoms with Gasteiger partial charge >= 0.3 is 6.09 Å². The van der Waals surface area contributed by atoms with Crippen LogP contribution < -0.4 is 9.80 Å². The first-order chi connectivity index (χ1) is 14.6. The fraction of sp³-hybridized carbons (Fsp3) is 0.348. The first-order valence-electron chi connectivity index (χ1n) is 10.4. The van der Waals surface area contributed by atoms with E-state index in [1.807, 2.05) is 67.3 Å². The maximum Gasteiger partial charge on any atom is 0.410 e. The summed E-state index contributed by atoms with van der Waals surface area (Å²) in [6.07, 6.45) is -0.258. The number of para-hydroxylation sites is 1. The molecular weight excluding hydrogens is 380 g/mol. The Bertz CT molecular complexity index is 963. The molecule has 0 aliphatic carbocycles. The summed E-state index contributed by atoms with van der Waals surface area (Å²) in [7, 11) is 0. The van der Waals surface area contributed by atoms with Crippen LogP contribution in [-0.2, 0) is 9.53 Å². The van der Waals surface area contributed by atoms with Crippen LogP contribution in [0, 0.1) is 6.92 Å². The third-order valence-electron chi connectivity index (χ3n) is 5.55. The van der Waals surface area contributed by atoms with Crippen LogP contribution in [0.3, 0.4) is 0 Å². The van der Waals surface area contributed by atoms with Crippen molar-refractivity contribution in [3.63, 3.8) is 0 Å². The Morgan fingerprint density at radius 2 is 1.80 bits per heavy atom. The monoisotopic (exact) mass is 407 g/mol. The highest BCUT2D eigenvalue weighted by Gasteiger charge is 2.37. The van der Waals surface area contributed by atoms with E-state index in [0.29, 0.717) is 32.1 Å². The van der Waals surface area contributed by atoms with Crippen molar-refractivity contribution in [3.8, 4) is 0 Å². The van der Waals surface area contributed by atoms with Crippen molar-refractivity contribution in [2.75, 3.05) is 44.4 Å². The zero-order valence-corrected chi connectivity index (χ0v) is 17.4. The predicted octanol–water partition coefficient (Wildman–Crippen LogP) is 1.78. The number of hydrogen-bond donors (Lipinski definition) is 1. The van der Waals surface area contributed by atoms with Gasteiger partial charge in [-0.05, 0) is 32.0 Å². The molecule has 0 radical (unpaired) electrons. The number of ether oxygens (including phenoxy) is 1. The van der Waals surface area contributed by atoms with Gasteiger partial charge in [0, 0.05) is 5.56 Å². The Balaban J connectivity index is 1.50. The van der Waals surface area contributed by atoms with Crippen molar-refractivity contribution < 1.29 is 19.2 Å². The summed E-state index contributed by atoms with van der Waals surface area (Å²) < 4.78 is 5.09. The van der Waals surface area contributed by atoms with E-state index in [1.54, 1.807) is 4.90 Å². The molecule has 1 N–H and O–H groups in total. The molecule has 30 heavy (non-hydrogen) atoms. The first-order valence-corrected chi connectivity index (χ1v) is 10.4. The van der Waals surface area contributed by atoms with Gasteiger partial charge in [0.05, 0.1) is 44.2 Å². The lowest BCUT2D eigenvalue weighted by Crippen LogP contribution is -3.16. The van der Waals surface area contributed by atoms with E-state index in [2.05, 4.69) is 4.99 Å². The van der Waals surface area contributed by atoms with Gasteiger partial charge in [0.1, 0.15) is 5.71 Å². The van der Waals surface area contributed by atoms with Crippen LogP contribution in [0.25, 0.3) is 0 Å². The summed E-state index contributed by atoms with van der Waals surface area (Å²) in [6.45, 7) is 7.58.